The largest absolute Gasteiger partial charge is 0.506 e. The zero-order valence-corrected chi connectivity index (χ0v) is 12.0. The summed E-state index contributed by atoms with van der Waals surface area (Å²) in [5.41, 5.74) is 6.41. The molecule has 0 saturated carbocycles. The highest BCUT2D eigenvalue weighted by Crippen LogP contribution is 2.25. The number of nitrogens with zero attached hydrogens (tertiary/aromatic N) is 1. The van der Waals surface area contributed by atoms with Crippen molar-refractivity contribution < 1.29 is 13.5 Å². The minimum atomic E-state index is -3.81. The number of rotatable bonds is 3. The molecule has 0 amide bonds. The van der Waals surface area contributed by atoms with E-state index >= 15 is 0 Å². The lowest BCUT2D eigenvalue weighted by molar-refractivity contribution is 0.477. The van der Waals surface area contributed by atoms with Crippen LogP contribution in [0.5, 0.6) is 5.75 Å². The maximum absolute atomic E-state index is 12.2. The van der Waals surface area contributed by atoms with Crippen molar-refractivity contribution in [1.82, 2.24) is 4.98 Å². The molecule has 6 nitrogen and oxygen atoms in total. The highest BCUT2D eigenvalue weighted by molar-refractivity contribution is 7.92. The van der Waals surface area contributed by atoms with Crippen LogP contribution in [0.15, 0.2) is 35.4 Å². The molecule has 4 N–H and O–H groups in total. The summed E-state index contributed by atoms with van der Waals surface area (Å²) in [6.07, 6.45) is 1.32. The van der Waals surface area contributed by atoms with Gasteiger partial charge in [0, 0.05) is 0 Å². The number of pyridine rings is 1. The quantitative estimate of drug-likeness (QED) is 0.457. The Kier molecular flexibility index (Phi) is 3.74. The van der Waals surface area contributed by atoms with Gasteiger partial charge in [-0.3, -0.25) is 4.72 Å². The molecule has 0 aliphatic heterocycles. The normalized spacial score (nSPS) is 11.3. The Bertz CT molecular complexity index is 763. The van der Waals surface area contributed by atoms with Crippen LogP contribution in [0.1, 0.15) is 5.56 Å². The third-order valence-electron chi connectivity index (χ3n) is 2.58. The van der Waals surface area contributed by atoms with Crippen LogP contribution >= 0.6 is 11.6 Å². The van der Waals surface area contributed by atoms with Crippen LogP contribution in [0.2, 0.25) is 5.15 Å². The molecule has 0 radical (unpaired) electrons. The SMILES string of the molecule is Cc1cc(NS(=O)(=O)c2ccc(O)c(N)c2)cnc1Cl. The van der Waals surface area contributed by atoms with Crippen molar-refractivity contribution in [2.45, 2.75) is 11.8 Å². The van der Waals surface area contributed by atoms with Gasteiger partial charge in [0.05, 0.1) is 22.5 Å². The summed E-state index contributed by atoms with van der Waals surface area (Å²) in [7, 11) is -3.81. The van der Waals surface area contributed by atoms with Crippen LogP contribution in [-0.4, -0.2) is 18.5 Å². The summed E-state index contributed by atoms with van der Waals surface area (Å²) in [5.74, 6) is -0.173. The first-order chi connectivity index (χ1) is 9.29. The van der Waals surface area contributed by atoms with Crippen molar-refractivity contribution in [3.63, 3.8) is 0 Å². The van der Waals surface area contributed by atoms with E-state index in [1.807, 2.05) is 0 Å². The Balaban J connectivity index is 2.35. The molecule has 1 aromatic carbocycles. The number of benzene rings is 1. The van der Waals surface area contributed by atoms with Crippen LogP contribution in [0.3, 0.4) is 0 Å². The lowest BCUT2D eigenvalue weighted by Crippen LogP contribution is -2.13. The molecule has 1 heterocycles. The zero-order valence-electron chi connectivity index (χ0n) is 10.5. The van der Waals surface area contributed by atoms with Crippen molar-refractivity contribution in [3.8, 4) is 5.75 Å². The van der Waals surface area contributed by atoms with Gasteiger partial charge in [-0.1, -0.05) is 11.6 Å². The minimum Gasteiger partial charge on any atom is -0.506 e. The summed E-state index contributed by atoms with van der Waals surface area (Å²) < 4.78 is 26.7. The van der Waals surface area contributed by atoms with Crippen molar-refractivity contribution in [3.05, 3.63) is 41.2 Å². The number of phenols is 1. The molecule has 8 heteroatoms. The number of aromatic hydroxyl groups is 1. The Morgan fingerprint density at radius 3 is 2.65 bits per heavy atom. The fraction of sp³-hybridized carbons (Fsp3) is 0.0833. The van der Waals surface area contributed by atoms with Crippen LogP contribution < -0.4 is 10.5 Å². The standard InChI is InChI=1S/C12H12ClN3O3S/c1-7-4-8(6-15-12(7)13)16-20(18,19)9-2-3-11(17)10(14)5-9/h2-6,16-17H,14H2,1H3. The molecule has 1 aromatic heterocycles. The smallest absolute Gasteiger partial charge is 0.262 e. The van der Waals surface area contributed by atoms with Gasteiger partial charge in [0.2, 0.25) is 0 Å². The molecule has 0 aliphatic rings. The fourth-order valence-corrected chi connectivity index (χ4v) is 2.70. The maximum Gasteiger partial charge on any atom is 0.262 e. The van der Waals surface area contributed by atoms with Crippen molar-refractivity contribution in [1.29, 1.82) is 0 Å². The number of phenolic OH excluding ortho intramolecular Hbond substituents is 1. The van der Waals surface area contributed by atoms with Gasteiger partial charge in [0.25, 0.3) is 10.0 Å². The number of hydrogen-bond acceptors (Lipinski definition) is 5. The molecule has 0 unspecified atom stereocenters. The Morgan fingerprint density at radius 2 is 2.05 bits per heavy atom. The first-order valence-electron chi connectivity index (χ1n) is 5.53. The monoisotopic (exact) mass is 313 g/mol. The van der Waals surface area contributed by atoms with Gasteiger partial charge in [-0.15, -0.1) is 0 Å². The number of hydrogen-bond donors (Lipinski definition) is 3. The Hall–Kier alpha value is -1.99. The lowest BCUT2D eigenvalue weighted by atomic mass is 10.3. The van der Waals surface area contributed by atoms with E-state index in [0.717, 1.165) is 0 Å². The fourth-order valence-electron chi connectivity index (χ4n) is 1.53. The van der Waals surface area contributed by atoms with E-state index in [9.17, 15) is 13.5 Å². The molecule has 0 atom stereocenters. The summed E-state index contributed by atoms with van der Waals surface area (Å²) in [5, 5.41) is 9.61. The third-order valence-corrected chi connectivity index (χ3v) is 4.35. The number of aryl methyl sites for hydroxylation is 1. The summed E-state index contributed by atoms with van der Waals surface area (Å²) in [6, 6.07) is 5.21. The van der Waals surface area contributed by atoms with Gasteiger partial charge in [-0.05, 0) is 36.8 Å². The number of nitrogens with two attached hydrogens (primary N) is 1. The highest BCUT2D eigenvalue weighted by atomic mass is 35.5. The van der Waals surface area contributed by atoms with E-state index in [2.05, 4.69) is 9.71 Å². The van der Waals surface area contributed by atoms with Crippen LogP contribution in [-0.2, 0) is 10.0 Å². The minimum absolute atomic E-state index is 0.0155. The summed E-state index contributed by atoms with van der Waals surface area (Å²) >= 11 is 5.77. The number of aromatic nitrogens is 1. The first-order valence-corrected chi connectivity index (χ1v) is 7.39. The maximum atomic E-state index is 12.2. The molecule has 0 fully saturated rings. The van der Waals surface area contributed by atoms with E-state index in [-0.39, 0.29) is 16.3 Å². The Morgan fingerprint density at radius 1 is 1.35 bits per heavy atom. The molecule has 0 bridgehead atoms. The van der Waals surface area contributed by atoms with Gasteiger partial charge < -0.3 is 10.8 Å². The number of anilines is 2. The third kappa shape index (κ3) is 2.94. The first kappa shape index (κ1) is 14.4. The average molecular weight is 314 g/mol. The van der Waals surface area contributed by atoms with E-state index < -0.39 is 10.0 Å². The van der Waals surface area contributed by atoms with Crippen LogP contribution in [0.4, 0.5) is 11.4 Å². The molecule has 2 rings (SSSR count). The lowest BCUT2D eigenvalue weighted by Gasteiger charge is -2.09. The van der Waals surface area contributed by atoms with Gasteiger partial charge in [-0.2, -0.15) is 0 Å². The second-order valence-corrected chi connectivity index (χ2v) is 6.20. The van der Waals surface area contributed by atoms with Gasteiger partial charge in [0.1, 0.15) is 10.9 Å². The predicted molar refractivity (Wildman–Crippen MR) is 77.3 cm³/mol. The van der Waals surface area contributed by atoms with Gasteiger partial charge >= 0.3 is 0 Å². The second kappa shape index (κ2) is 5.18. The van der Waals surface area contributed by atoms with Gasteiger partial charge in [0.15, 0.2) is 0 Å². The number of sulfonamides is 1. The molecule has 0 aliphatic carbocycles. The number of nitrogen functional groups attached to an aromatic ring is 1. The average Bonchev–Trinajstić information content (AvgIpc) is 2.37. The number of halogens is 1. The van der Waals surface area contributed by atoms with E-state index in [4.69, 9.17) is 17.3 Å². The summed E-state index contributed by atoms with van der Waals surface area (Å²) in [4.78, 5) is 3.81. The Labute approximate surface area is 121 Å². The second-order valence-electron chi connectivity index (χ2n) is 4.16. The molecule has 0 saturated heterocycles. The van der Waals surface area contributed by atoms with E-state index in [0.29, 0.717) is 16.4 Å². The molecule has 2 aromatic rings. The molecule has 0 spiro atoms. The molecule has 20 heavy (non-hydrogen) atoms. The zero-order chi connectivity index (χ0) is 14.9. The van der Waals surface area contributed by atoms with E-state index in [1.165, 1.54) is 24.4 Å². The van der Waals surface area contributed by atoms with Crippen LogP contribution in [0.25, 0.3) is 0 Å². The van der Waals surface area contributed by atoms with Gasteiger partial charge in [-0.25, -0.2) is 13.4 Å². The molecule has 106 valence electrons. The summed E-state index contributed by atoms with van der Waals surface area (Å²) in [6.45, 7) is 1.71. The topological polar surface area (TPSA) is 105 Å². The molecular formula is C12H12ClN3O3S. The van der Waals surface area contributed by atoms with Crippen molar-refractivity contribution >= 4 is 33.0 Å². The molecular weight excluding hydrogens is 302 g/mol. The number of nitrogens with one attached hydrogen (secondary N) is 1. The van der Waals surface area contributed by atoms with Crippen LogP contribution in [0, 0.1) is 6.92 Å². The predicted octanol–water partition coefficient (Wildman–Crippen LogP) is 2.13. The van der Waals surface area contributed by atoms with Crippen molar-refractivity contribution in [2.24, 2.45) is 0 Å². The van der Waals surface area contributed by atoms with Crippen molar-refractivity contribution in [2.75, 3.05) is 10.5 Å². The van der Waals surface area contributed by atoms with E-state index in [1.54, 1.807) is 13.0 Å². The highest BCUT2D eigenvalue weighted by Gasteiger charge is 2.16.